The molecule has 1 amide bonds. The van der Waals surface area contributed by atoms with E-state index >= 15 is 0 Å². The van der Waals surface area contributed by atoms with Crippen LogP contribution in [-0.4, -0.2) is 30.4 Å². The van der Waals surface area contributed by atoms with Crippen molar-refractivity contribution in [3.05, 3.63) is 34.2 Å². The summed E-state index contributed by atoms with van der Waals surface area (Å²) < 4.78 is 0. The maximum atomic E-state index is 12.3. The van der Waals surface area contributed by atoms with E-state index in [1.165, 1.54) is 6.07 Å². The fourth-order valence-electron chi connectivity index (χ4n) is 2.19. The summed E-state index contributed by atoms with van der Waals surface area (Å²) in [6.07, 6.45) is 0.937. The van der Waals surface area contributed by atoms with Crippen molar-refractivity contribution in [1.82, 2.24) is 4.90 Å². The number of hydrogen-bond acceptors (Lipinski definition) is 4. The van der Waals surface area contributed by atoms with Crippen LogP contribution in [-0.2, 0) is 0 Å². The highest BCUT2D eigenvalue weighted by Crippen LogP contribution is 2.21. The molecule has 0 aliphatic carbocycles. The van der Waals surface area contributed by atoms with E-state index in [1.807, 2.05) is 13.8 Å². The number of quaternary nitrogens is 1. The molecule has 6 nitrogen and oxygen atoms in total. The van der Waals surface area contributed by atoms with Gasteiger partial charge in [0, 0.05) is 31.3 Å². The van der Waals surface area contributed by atoms with Gasteiger partial charge in [-0.3, -0.25) is 4.79 Å². The lowest BCUT2D eigenvalue weighted by Gasteiger charge is -2.28. The normalized spacial score (nSPS) is 11.1. The van der Waals surface area contributed by atoms with E-state index < -0.39 is 5.23 Å². The van der Waals surface area contributed by atoms with Crippen LogP contribution >= 0.6 is 0 Å². The first-order valence-electron chi connectivity index (χ1n) is 7.79. The Bertz CT molecular complexity index is 486. The number of anilines is 1. The number of nitrogens with zero attached hydrogens (tertiary/aromatic N) is 1. The van der Waals surface area contributed by atoms with Crippen LogP contribution in [0.3, 0.4) is 0 Å². The first kappa shape index (κ1) is 18.4. The minimum absolute atomic E-state index is 0.0294. The van der Waals surface area contributed by atoms with E-state index in [4.69, 9.17) is 0 Å². The van der Waals surface area contributed by atoms with Crippen LogP contribution < -0.4 is 10.5 Å². The van der Waals surface area contributed by atoms with Crippen molar-refractivity contribution in [2.45, 2.75) is 34.1 Å². The molecule has 0 aliphatic heterocycles. The van der Waals surface area contributed by atoms with Crippen molar-refractivity contribution in [3.63, 3.8) is 0 Å². The highest BCUT2D eigenvalue weighted by molar-refractivity contribution is 5.95. The largest absolute Gasteiger partial charge is 0.628 e. The average Bonchev–Trinajstić information content (AvgIpc) is 2.48. The lowest BCUT2D eigenvalue weighted by molar-refractivity contribution is -0.714. The second-order valence-corrected chi connectivity index (χ2v) is 5.63. The maximum Gasteiger partial charge on any atom is 0.254 e. The van der Waals surface area contributed by atoms with Gasteiger partial charge in [-0.2, -0.15) is 0 Å². The lowest BCUT2D eigenvalue weighted by Crippen LogP contribution is -2.96. The molecule has 6 heteroatoms. The zero-order valence-corrected chi connectivity index (χ0v) is 13.8. The molecule has 0 radical (unpaired) electrons. The van der Waals surface area contributed by atoms with Gasteiger partial charge in [0.2, 0.25) is 0 Å². The van der Waals surface area contributed by atoms with Crippen LogP contribution in [0, 0.1) is 16.3 Å². The molecule has 0 saturated carbocycles. The average molecular weight is 308 g/mol. The van der Waals surface area contributed by atoms with Gasteiger partial charge in [0.1, 0.15) is 0 Å². The molecule has 0 saturated heterocycles. The minimum Gasteiger partial charge on any atom is -0.628 e. The topological polar surface area (TPSA) is 82.9 Å². The molecule has 0 atom stereocenters. The Labute approximate surface area is 132 Å². The van der Waals surface area contributed by atoms with Gasteiger partial charge in [-0.25, -0.2) is 0 Å². The predicted molar refractivity (Wildman–Crippen MR) is 89.0 cm³/mol. The van der Waals surface area contributed by atoms with E-state index in [-0.39, 0.29) is 11.6 Å². The molecule has 0 heterocycles. The summed E-state index contributed by atoms with van der Waals surface area (Å²) in [7, 11) is 0. The van der Waals surface area contributed by atoms with E-state index in [9.17, 15) is 15.2 Å². The molecular formula is C16H26N3O3-. The molecule has 22 heavy (non-hydrogen) atoms. The van der Waals surface area contributed by atoms with E-state index in [1.54, 1.807) is 17.0 Å². The summed E-state index contributed by atoms with van der Waals surface area (Å²) in [4.78, 5) is 13.9. The maximum absolute atomic E-state index is 12.3. The minimum atomic E-state index is -1.28. The first-order chi connectivity index (χ1) is 10.4. The second kappa shape index (κ2) is 8.73. The summed E-state index contributed by atoms with van der Waals surface area (Å²) in [5, 5.41) is 24.5. The SMILES string of the molecule is CCN(CC)C(=O)c1ccc(NCCC(C)C)c([NH+]([O-])[O-])c1. The van der Waals surface area contributed by atoms with Crippen LogP contribution in [0.15, 0.2) is 18.2 Å². The second-order valence-electron chi connectivity index (χ2n) is 5.63. The first-order valence-corrected chi connectivity index (χ1v) is 7.79. The summed E-state index contributed by atoms with van der Waals surface area (Å²) in [6.45, 7) is 9.85. The predicted octanol–water partition coefficient (Wildman–Crippen LogP) is 2.14. The molecule has 2 N–H and O–H groups in total. The van der Waals surface area contributed by atoms with Gasteiger partial charge in [0.05, 0.1) is 5.69 Å². The molecule has 0 aromatic heterocycles. The van der Waals surface area contributed by atoms with Gasteiger partial charge in [-0.05, 0) is 38.3 Å². The Kier molecular flexibility index (Phi) is 7.31. The molecule has 0 bridgehead atoms. The molecule has 1 rings (SSSR count). The molecule has 124 valence electrons. The monoisotopic (exact) mass is 308 g/mol. The van der Waals surface area contributed by atoms with Crippen molar-refractivity contribution in [3.8, 4) is 0 Å². The Morgan fingerprint density at radius 2 is 1.91 bits per heavy atom. The Morgan fingerprint density at radius 3 is 2.41 bits per heavy atom. The van der Waals surface area contributed by atoms with Crippen LogP contribution in [0.4, 0.5) is 11.4 Å². The number of hydrogen-bond donors (Lipinski definition) is 2. The Hall–Kier alpha value is -1.63. The summed E-state index contributed by atoms with van der Waals surface area (Å²) in [5.74, 6) is 0.364. The number of rotatable bonds is 8. The van der Waals surface area contributed by atoms with Gasteiger partial charge < -0.3 is 25.9 Å². The van der Waals surface area contributed by atoms with Crippen molar-refractivity contribution < 1.29 is 10.0 Å². The van der Waals surface area contributed by atoms with Crippen LogP contribution in [0.2, 0.25) is 0 Å². The molecule has 0 unspecified atom stereocenters. The third kappa shape index (κ3) is 4.98. The molecule has 0 aliphatic rings. The van der Waals surface area contributed by atoms with Crippen molar-refractivity contribution in [1.29, 1.82) is 0 Å². The smallest absolute Gasteiger partial charge is 0.254 e. The van der Waals surface area contributed by atoms with E-state index in [2.05, 4.69) is 19.2 Å². The third-order valence-corrected chi connectivity index (χ3v) is 3.57. The molecule has 1 aromatic carbocycles. The van der Waals surface area contributed by atoms with E-state index in [0.29, 0.717) is 36.8 Å². The molecule has 0 fully saturated rings. The quantitative estimate of drug-likeness (QED) is 0.721. The fourth-order valence-corrected chi connectivity index (χ4v) is 2.19. The molecular weight excluding hydrogens is 282 g/mol. The van der Waals surface area contributed by atoms with E-state index in [0.717, 1.165) is 6.42 Å². The van der Waals surface area contributed by atoms with Gasteiger partial charge in [-0.15, -0.1) is 0 Å². The third-order valence-electron chi connectivity index (χ3n) is 3.57. The number of amides is 1. The van der Waals surface area contributed by atoms with Crippen LogP contribution in [0.1, 0.15) is 44.5 Å². The zero-order valence-electron chi connectivity index (χ0n) is 13.8. The summed E-state index contributed by atoms with van der Waals surface area (Å²) in [5.41, 5.74) is 0.899. The lowest BCUT2D eigenvalue weighted by atomic mass is 10.1. The number of carbonyl (C=O) groups excluding carboxylic acids is 1. The van der Waals surface area contributed by atoms with Crippen LogP contribution in [0.5, 0.6) is 0 Å². The van der Waals surface area contributed by atoms with Gasteiger partial charge in [0.25, 0.3) is 5.91 Å². The number of nitrogens with one attached hydrogen (secondary N) is 2. The highest BCUT2D eigenvalue weighted by atomic mass is 16.8. The van der Waals surface area contributed by atoms with Crippen molar-refractivity contribution in [2.75, 3.05) is 25.0 Å². The summed E-state index contributed by atoms with van der Waals surface area (Å²) in [6, 6.07) is 4.70. The summed E-state index contributed by atoms with van der Waals surface area (Å²) >= 11 is 0. The van der Waals surface area contributed by atoms with Crippen LogP contribution in [0.25, 0.3) is 0 Å². The van der Waals surface area contributed by atoms with Gasteiger partial charge in [0.15, 0.2) is 5.69 Å². The molecule has 0 spiro atoms. The zero-order chi connectivity index (χ0) is 16.7. The van der Waals surface area contributed by atoms with Crippen molar-refractivity contribution >= 4 is 17.3 Å². The molecule has 1 aromatic rings. The van der Waals surface area contributed by atoms with Gasteiger partial charge >= 0.3 is 0 Å². The van der Waals surface area contributed by atoms with Crippen molar-refractivity contribution in [2.24, 2.45) is 5.92 Å². The Balaban J connectivity index is 2.96. The van der Waals surface area contributed by atoms with Gasteiger partial charge in [-0.1, -0.05) is 13.8 Å². The standard InChI is InChI=1S/C16H26N3O3/c1-5-18(6-2)16(20)13-7-8-14(15(11-13)19(21)22)17-10-9-12(3)4/h7-8,11-12,17,19H,5-6,9-10H2,1-4H3/q-1. The Morgan fingerprint density at radius 1 is 1.27 bits per heavy atom. The highest BCUT2D eigenvalue weighted by Gasteiger charge is 2.16. The number of benzene rings is 1. The fraction of sp³-hybridized carbons (Fsp3) is 0.562. The number of carbonyl (C=O) groups is 1.